The molecule has 1 atom stereocenters. The fourth-order valence-electron chi connectivity index (χ4n) is 2.60. The summed E-state index contributed by atoms with van der Waals surface area (Å²) in [6, 6.07) is 16.5. The van der Waals surface area contributed by atoms with Gasteiger partial charge in [-0.2, -0.15) is 0 Å². The fourth-order valence-corrected chi connectivity index (χ4v) is 2.60. The van der Waals surface area contributed by atoms with Crippen LogP contribution in [0.5, 0.6) is 0 Å². The van der Waals surface area contributed by atoms with Crippen molar-refractivity contribution in [2.45, 2.75) is 32.7 Å². The van der Waals surface area contributed by atoms with Gasteiger partial charge in [-0.15, -0.1) is 0 Å². The Labute approximate surface area is 143 Å². The van der Waals surface area contributed by atoms with Gasteiger partial charge in [-0.25, -0.2) is 4.39 Å². The third kappa shape index (κ3) is 5.46. The number of carbonyl (C=O) groups is 1. The number of para-hydroxylation sites is 1. The first-order chi connectivity index (χ1) is 11.6. The van der Waals surface area contributed by atoms with Gasteiger partial charge in [0.1, 0.15) is 5.82 Å². The summed E-state index contributed by atoms with van der Waals surface area (Å²) in [5.41, 5.74) is 2.03. The third-order valence-electron chi connectivity index (χ3n) is 3.95. The van der Waals surface area contributed by atoms with Crippen molar-refractivity contribution in [3.63, 3.8) is 0 Å². The van der Waals surface area contributed by atoms with Crippen LogP contribution < -0.4 is 10.2 Å². The second-order valence-corrected chi connectivity index (χ2v) is 5.93. The topological polar surface area (TPSA) is 32.3 Å². The van der Waals surface area contributed by atoms with E-state index in [0.29, 0.717) is 13.0 Å². The van der Waals surface area contributed by atoms with Gasteiger partial charge in [-0.3, -0.25) is 4.79 Å². The van der Waals surface area contributed by atoms with E-state index in [0.717, 1.165) is 24.2 Å². The van der Waals surface area contributed by atoms with Crippen LogP contribution in [0.2, 0.25) is 0 Å². The molecule has 0 heterocycles. The van der Waals surface area contributed by atoms with Gasteiger partial charge in [0.05, 0.1) is 0 Å². The average Bonchev–Trinajstić information content (AvgIpc) is 2.61. The zero-order chi connectivity index (χ0) is 17.4. The lowest BCUT2D eigenvalue weighted by molar-refractivity contribution is -0.118. The Bertz CT molecular complexity index is 628. The molecule has 0 radical (unpaired) electrons. The van der Waals surface area contributed by atoms with E-state index in [-0.39, 0.29) is 17.8 Å². The maximum absolute atomic E-state index is 12.9. The van der Waals surface area contributed by atoms with E-state index in [1.54, 1.807) is 12.1 Å². The molecule has 1 unspecified atom stereocenters. The fraction of sp³-hybridized carbons (Fsp3) is 0.350. The van der Waals surface area contributed by atoms with Crippen LogP contribution in [0.25, 0.3) is 0 Å². The first kappa shape index (κ1) is 18.1. The van der Waals surface area contributed by atoms with Crippen LogP contribution in [-0.2, 0) is 11.2 Å². The number of nitrogens with one attached hydrogen (secondary N) is 1. The average molecular weight is 328 g/mol. The molecule has 3 nitrogen and oxygen atoms in total. The molecule has 2 rings (SSSR count). The highest BCUT2D eigenvalue weighted by Gasteiger charge is 2.16. The minimum Gasteiger partial charge on any atom is -0.312 e. The molecule has 0 bridgehead atoms. The van der Waals surface area contributed by atoms with Gasteiger partial charge in [-0.1, -0.05) is 37.3 Å². The molecule has 0 aliphatic carbocycles. The van der Waals surface area contributed by atoms with Gasteiger partial charge in [0.25, 0.3) is 0 Å². The standard InChI is InChI=1S/C20H25FN2O/c1-3-20(24)23(19-7-5-4-6-8-19)15-16(2)22-14-13-17-9-11-18(21)12-10-17/h4-12,16,22H,3,13-15H2,1-2H3. The molecule has 0 spiro atoms. The summed E-state index contributed by atoms with van der Waals surface area (Å²) in [5.74, 6) is -0.0926. The number of halogens is 1. The Morgan fingerprint density at radius 3 is 2.42 bits per heavy atom. The highest BCUT2D eigenvalue weighted by Crippen LogP contribution is 2.15. The lowest BCUT2D eigenvalue weighted by atomic mass is 10.1. The molecule has 0 fully saturated rings. The molecule has 0 saturated carbocycles. The van der Waals surface area contributed by atoms with Crippen LogP contribution >= 0.6 is 0 Å². The normalized spacial score (nSPS) is 12.0. The van der Waals surface area contributed by atoms with E-state index < -0.39 is 0 Å². The van der Waals surface area contributed by atoms with Crippen LogP contribution in [0.15, 0.2) is 54.6 Å². The van der Waals surface area contributed by atoms with Crippen LogP contribution in [0, 0.1) is 5.82 Å². The Balaban J connectivity index is 1.87. The highest BCUT2D eigenvalue weighted by molar-refractivity contribution is 5.93. The van der Waals surface area contributed by atoms with Crippen molar-refractivity contribution in [1.29, 1.82) is 0 Å². The molecule has 24 heavy (non-hydrogen) atoms. The summed E-state index contributed by atoms with van der Waals surface area (Å²) in [5, 5.41) is 3.44. The summed E-state index contributed by atoms with van der Waals surface area (Å²) < 4.78 is 12.9. The van der Waals surface area contributed by atoms with Crippen molar-refractivity contribution in [3.8, 4) is 0 Å². The highest BCUT2D eigenvalue weighted by atomic mass is 19.1. The van der Waals surface area contributed by atoms with E-state index in [1.165, 1.54) is 12.1 Å². The number of hydrogen-bond donors (Lipinski definition) is 1. The molecule has 128 valence electrons. The molecule has 0 aliphatic rings. The van der Waals surface area contributed by atoms with E-state index in [9.17, 15) is 9.18 Å². The molecule has 0 aliphatic heterocycles. The smallest absolute Gasteiger partial charge is 0.226 e. The Hall–Kier alpha value is -2.20. The number of rotatable bonds is 8. The monoisotopic (exact) mass is 328 g/mol. The number of benzene rings is 2. The van der Waals surface area contributed by atoms with E-state index in [4.69, 9.17) is 0 Å². The maximum Gasteiger partial charge on any atom is 0.226 e. The molecule has 0 saturated heterocycles. The van der Waals surface area contributed by atoms with Gasteiger partial charge >= 0.3 is 0 Å². The summed E-state index contributed by atoms with van der Waals surface area (Å²) in [6.45, 7) is 5.37. The lowest BCUT2D eigenvalue weighted by Crippen LogP contribution is -2.42. The number of nitrogens with zero attached hydrogens (tertiary/aromatic N) is 1. The largest absolute Gasteiger partial charge is 0.312 e. The van der Waals surface area contributed by atoms with Gasteiger partial charge < -0.3 is 10.2 Å². The summed E-state index contributed by atoms with van der Waals surface area (Å²) in [7, 11) is 0. The number of hydrogen-bond acceptors (Lipinski definition) is 2. The molecular weight excluding hydrogens is 303 g/mol. The van der Waals surface area contributed by atoms with Crippen LogP contribution in [0.1, 0.15) is 25.8 Å². The lowest BCUT2D eigenvalue weighted by Gasteiger charge is -2.26. The van der Waals surface area contributed by atoms with Gasteiger partial charge in [0.2, 0.25) is 5.91 Å². The third-order valence-corrected chi connectivity index (χ3v) is 3.95. The van der Waals surface area contributed by atoms with Gasteiger partial charge in [-0.05, 0) is 49.7 Å². The predicted molar refractivity (Wildman–Crippen MR) is 96.7 cm³/mol. The Morgan fingerprint density at radius 2 is 1.79 bits per heavy atom. The van der Waals surface area contributed by atoms with Crippen molar-refractivity contribution in [2.24, 2.45) is 0 Å². The Morgan fingerprint density at radius 1 is 1.12 bits per heavy atom. The van der Waals surface area contributed by atoms with E-state index in [1.807, 2.05) is 42.2 Å². The van der Waals surface area contributed by atoms with E-state index in [2.05, 4.69) is 12.2 Å². The first-order valence-electron chi connectivity index (χ1n) is 8.43. The molecule has 1 N–H and O–H groups in total. The molecule has 0 aromatic heterocycles. The van der Waals surface area contributed by atoms with Crippen LogP contribution in [0.3, 0.4) is 0 Å². The second-order valence-electron chi connectivity index (χ2n) is 5.93. The zero-order valence-electron chi connectivity index (χ0n) is 14.3. The minimum atomic E-state index is -0.211. The summed E-state index contributed by atoms with van der Waals surface area (Å²) >= 11 is 0. The maximum atomic E-state index is 12.9. The number of carbonyl (C=O) groups excluding carboxylic acids is 1. The van der Waals surface area contributed by atoms with Crippen molar-refractivity contribution in [1.82, 2.24) is 5.32 Å². The van der Waals surface area contributed by atoms with Gasteiger partial charge in [0.15, 0.2) is 0 Å². The molecule has 1 amide bonds. The van der Waals surface area contributed by atoms with Crippen molar-refractivity contribution in [3.05, 3.63) is 66.0 Å². The number of anilines is 1. The van der Waals surface area contributed by atoms with Crippen molar-refractivity contribution in [2.75, 3.05) is 18.0 Å². The molecule has 2 aromatic carbocycles. The summed E-state index contributed by atoms with van der Waals surface area (Å²) in [6.07, 6.45) is 1.31. The Kier molecular flexibility index (Phi) is 6.94. The first-order valence-corrected chi connectivity index (χ1v) is 8.43. The van der Waals surface area contributed by atoms with Crippen LogP contribution in [0.4, 0.5) is 10.1 Å². The number of amides is 1. The second kappa shape index (κ2) is 9.18. The van der Waals surface area contributed by atoms with Gasteiger partial charge in [0, 0.05) is 24.7 Å². The summed E-state index contributed by atoms with van der Waals surface area (Å²) in [4.78, 5) is 14.1. The minimum absolute atomic E-state index is 0.119. The SMILES string of the molecule is CCC(=O)N(CC(C)NCCc1ccc(F)cc1)c1ccccc1. The molecule has 4 heteroatoms. The predicted octanol–water partition coefficient (Wildman–Crippen LogP) is 3.79. The quantitative estimate of drug-likeness (QED) is 0.799. The zero-order valence-corrected chi connectivity index (χ0v) is 14.3. The van der Waals surface area contributed by atoms with E-state index >= 15 is 0 Å². The van der Waals surface area contributed by atoms with Crippen molar-refractivity contribution < 1.29 is 9.18 Å². The van der Waals surface area contributed by atoms with Crippen LogP contribution in [-0.4, -0.2) is 25.0 Å². The molecular formula is C20H25FN2O. The van der Waals surface area contributed by atoms with Crippen molar-refractivity contribution >= 4 is 11.6 Å². The molecule has 2 aromatic rings.